The number of para-hydroxylation sites is 2. The number of fused-ring (bicyclic) bond motifs is 1. The molecule has 0 spiro atoms. The van der Waals surface area contributed by atoms with Gasteiger partial charge in [-0.15, -0.1) is 0 Å². The first-order valence-corrected chi connectivity index (χ1v) is 8.59. The summed E-state index contributed by atoms with van der Waals surface area (Å²) in [5, 5.41) is 2.79. The summed E-state index contributed by atoms with van der Waals surface area (Å²) in [6.45, 7) is 2.40. The minimum atomic E-state index is -0.284. The lowest BCUT2D eigenvalue weighted by atomic mass is 10.3. The Morgan fingerprint density at radius 2 is 1.89 bits per heavy atom. The van der Waals surface area contributed by atoms with Gasteiger partial charge in [0.2, 0.25) is 5.91 Å². The molecule has 0 atom stereocenters. The maximum absolute atomic E-state index is 12.6. The molecule has 1 aromatic carbocycles. The lowest BCUT2D eigenvalue weighted by molar-refractivity contribution is -0.116. The van der Waals surface area contributed by atoms with E-state index in [2.05, 4.69) is 15.3 Å². The lowest BCUT2D eigenvalue weighted by Gasteiger charge is -2.07. The zero-order valence-electron chi connectivity index (χ0n) is 14.7. The lowest BCUT2D eigenvalue weighted by Crippen LogP contribution is -2.29. The number of carbonyl (C=O) groups is 1. The quantitative estimate of drug-likeness (QED) is 0.589. The third-order valence-corrected chi connectivity index (χ3v) is 4.34. The second kappa shape index (κ2) is 6.91. The van der Waals surface area contributed by atoms with Crippen molar-refractivity contribution in [1.29, 1.82) is 0 Å². The summed E-state index contributed by atoms with van der Waals surface area (Å²) in [7, 11) is 0. The Morgan fingerprint density at radius 1 is 1.11 bits per heavy atom. The summed E-state index contributed by atoms with van der Waals surface area (Å²) in [6, 6.07) is 11.0. The van der Waals surface area contributed by atoms with Crippen LogP contribution in [0.4, 0.5) is 5.69 Å². The summed E-state index contributed by atoms with van der Waals surface area (Å²) in [4.78, 5) is 33.4. The van der Waals surface area contributed by atoms with Crippen LogP contribution in [0.25, 0.3) is 16.9 Å². The number of nitrogens with one attached hydrogen (secondary N) is 1. The van der Waals surface area contributed by atoms with Gasteiger partial charge in [0, 0.05) is 18.9 Å². The van der Waals surface area contributed by atoms with E-state index in [1.165, 1.54) is 4.57 Å². The average molecular weight is 362 g/mol. The van der Waals surface area contributed by atoms with Gasteiger partial charge in [0.05, 0.1) is 22.9 Å². The van der Waals surface area contributed by atoms with E-state index in [1.54, 1.807) is 46.2 Å². The zero-order valence-corrected chi connectivity index (χ0v) is 14.7. The van der Waals surface area contributed by atoms with Gasteiger partial charge in [-0.3, -0.25) is 18.5 Å². The van der Waals surface area contributed by atoms with Gasteiger partial charge in [0.1, 0.15) is 18.7 Å². The Morgan fingerprint density at radius 3 is 2.52 bits per heavy atom. The topological polar surface area (TPSA) is 86.7 Å². The van der Waals surface area contributed by atoms with Gasteiger partial charge in [-0.2, -0.15) is 0 Å². The number of carbonyl (C=O) groups excluding carboxylic acids is 1. The van der Waals surface area contributed by atoms with E-state index < -0.39 is 0 Å². The van der Waals surface area contributed by atoms with Crippen LogP contribution in [0.3, 0.4) is 0 Å². The minimum Gasteiger partial charge on any atom is -0.323 e. The Hall–Kier alpha value is -3.68. The molecule has 27 heavy (non-hydrogen) atoms. The van der Waals surface area contributed by atoms with E-state index in [0.717, 1.165) is 11.0 Å². The van der Waals surface area contributed by atoms with Crippen LogP contribution in [-0.2, 0) is 17.9 Å². The Bertz CT molecular complexity index is 1140. The molecule has 0 aliphatic heterocycles. The van der Waals surface area contributed by atoms with Crippen molar-refractivity contribution in [3.8, 4) is 5.82 Å². The molecule has 1 N–H and O–H groups in total. The van der Waals surface area contributed by atoms with E-state index >= 15 is 0 Å². The van der Waals surface area contributed by atoms with Crippen molar-refractivity contribution < 1.29 is 4.79 Å². The van der Waals surface area contributed by atoms with Gasteiger partial charge in [0.15, 0.2) is 0 Å². The Kier molecular flexibility index (Phi) is 4.29. The van der Waals surface area contributed by atoms with E-state index in [9.17, 15) is 9.59 Å². The molecule has 8 nitrogen and oxygen atoms in total. The van der Waals surface area contributed by atoms with Crippen molar-refractivity contribution in [2.24, 2.45) is 0 Å². The molecule has 0 saturated carbocycles. The van der Waals surface area contributed by atoms with Gasteiger partial charge >= 0.3 is 5.69 Å². The Labute approximate surface area is 154 Å². The molecule has 1 amide bonds. The second-order valence-electron chi connectivity index (χ2n) is 6.02. The van der Waals surface area contributed by atoms with Crippen LogP contribution < -0.4 is 11.0 Å². The van der Waals surface area contributed by atoms with Gasteiger partial charge in [-0.1, -0.05) is 12.1 Å². The van der Waals surface area contributed by atoms with E-state index in [1.807, 2.05) is 31.2 Å². The smallest absolute Gasteiger partial charge is 0.323 e. The molecular weight excluding hydrogens is 344 g/mol. The molecule has 0 aliphatic rings. The highest BCUT2D eigenvalue weighted by Gasteiger charge is 2.14. The molecule has 0 saturated heterocycles. The number of benzene rings is 1. The predicted molar refractivity (Wildman–Crippen MR) is 102 cm³/mol. The van der Waals surface area contributed by atoms with Crippen LogP contribution in [0.1, 0.15) is 6.92 Å². The molecule has 136 valence electrons. The predicted octanol–water partition coefficient (Wildman–Crippen LogP) is 2.04. The number of imidazole rings is 2. The summed E-state index contributed by atoms with van der Waals surface area (Å²) < 4.78 is 4.91. The summed E-state index contributed by atoms with van der Waals surface area (Å²) in [5.74, 6) is 0.418. The maximum Gasteiger partial charge on any atom is 0.329 e. The van der Waals surface area contributed by atoms with Crippen LogP contribution in [0.15, 0.2) is 66.1 Å². The first-order chi connectivity index (χ1) is 13.2. The number of anilines is 1. The molecule has 0 radical (unpaired) electrons. The van der Waals surface area contributed by atoms with Crippen molar-refractivity contribution in [1.82, 2.24) is 23.7 Å². The molecule has 4 rings (SSSR count). The maximum atomic E-state index is 12.6. The molecule has 3 heterocycles. The number of hydrogen-bond acceptors (Lipinski definition) is 4. The van der Waals surface area contributed by atoms with Gasteiger partial charge in [-0.05, 0) is 31.2 Å². The molecule has 0 bridgehead atoms. The van der Waals surface area contributed by atoms with Crippen LogP contribution in [0.2, 0.25) is 0 Å². The fraction of sp³-hybridized carbons (Fsp3) is 0.158. The molecule has 3 aromatic heterocycles. The van der Waals surface area contributed by atoms with Crippen molar-refractivity contribution in [3.63, 3.8) is 0 Å². The van der Waals surface area contributed by atoms with Gasteiger partial charge in [-0.25, -0.2) is 14.8 Å². The molecule has 4 aromatic rings. The van der Waals surface area contributed by atoms with Crippen LogP contribution in [0, 0.1) is 0 Å². The third kappa shape index (κ3) is 3.12. The molecule has 0 unspecified atom stereocenters. The van der Waals surface area contributed by atoms with E-state index in [0.29, 0.717) is 18.1 Å². The number of aryl methyl sites for hydroxylation is 1. The second-order valence-corrected chi connectivity index (χ2v) is 6.02. The number of nitrogens with zero attached hydrogens (tertiary/aromatic N) is 5. The summed E-state index contributed by atoms with van der Waals surface area (Å²) in [6.07, 6.45) is 6.68. The molecular formula is C19H18N6O2. The number of amides is 1. The Balaban J connectivity index is 1.54. The number of pyridine rings is 1. The minimum absolute atomic E-state index is 0.0599. The SMILES string of the molecule is CCn1c(=O)n(CC(=O)Nc2ccc(-n3ccnc3)nc2)c2ccccc21. The van der Waals surface area contributed by atoms with Gasteiger partial charge < -0.3 is 5.32 Å². The zero-order chi connectivity index (χ0) is 18.8. The normalized spacial score (nSPS) is 11.0. The first-order valence-electron chi connectivity index (χ1n) is 8.59. The standard InChI is InChI=1S/C19H18N6O2/c1-2-24-15-5-3-4-6-16(15)25(19(24)27)12-18(26)22-14-7-8-17(21-11-14)23-10-9-20-13-23/h3-11,13H,2,12H2,1H3,(H,22,26). The molecule has 0 fully saturated rings. The highest BCUT2D eigenvalue weighted by Crippen LogP contribution is 2.13. The van der Waals surface area contributed by atoms with Crippen LogP contribution >= 0.6 is 0 Å². The van der Waals surface area contributed by atoms with Crippen LogP contribution in [-0.4, -0.2) is 29.6 Å². The monoisotopic (exact) mass is 362 g/mol. The first kappa shape index (κ1) is 16.8. The van der Waals surface area contributed by atoms with Crippen molar-refractivity contribution >= 4 is 22.6 Å². The molecule has 8 heteroatoms. The summed E-state index contributed by atoms with van der Waals surface area (Å²) >= 11 is 0. The number of rotatable bonds is 5. The third-order valence-electron chi connectivity index (χ3n) is 4.34. The fourth-order valence-electron chi connectivity index (χ4n) is 3.08. The van der Waals surface area contributed by atoms with E-state index in [4.69, 9.17) is 0 Å². The fourth-order valence-corrected chi connectivity index (χ4v) is 3.08. The van der Waals surface area contributed by atoms with Crippen molar-refractivity contribution in [2.45, 2.75) is 20.0 Å². The number of hydrogen-bond donors (Lipinski definition) is 1. The molecule has 0 aliphatic carbocycles. The average Bonchev–Trinajstić information content (AvgIpc) is 3.30. The highest BCUT2D eigenvalue weighted by molar-refractivity contribution is 5.91. The van der Waals surface area contributed by atoms with Crippen LogP contribution in [0.5, 0.6) is 0 Å². The van der Waals surface area contributed by atoms with Gasteiger partial charge in [0.25, 0.3) is 0 Å². The number of aromatic nitrogens is 5. The largest absolute Gasteiger partial charge is 0.329 e. The van der Waals surface area contributed by atoms with E-state index in [-0.39, 0.29) is 18.1 Å². The summed E-state index contributed by atoms with van der Waals surface area (Å²) in [5.41, 5.74) is 1.94. The highest BCUT2D eigenvalue weighted by atomic mass is 16.2. The van der Waals surface area contributed by atoms with Crippen molar-refractivity contribution in [2.75, 3.05) is 5.32 Å². The van der Waals surface area contributed by atoms with Crippen molar-refractivity contribution in [3.05, 3.63) is 71.8 Å².